The number of allylic oxidation sites excluding steroid dienone is 1. The lowest BCUT2D eigenvalue weighted by Gasteiger charge is -2.58. The summed E-state index contributed by atoms with van der Waals surface area (Å²) in [6.45, 7) is 4.35. The molecule has 0 saturated heterocycles. The molecule has 0 heterocycles. The van der Waals surface area contributed by atoms with Crippen LogP contribution in [0.15, 0.2) is 11.6 Å². The Hall–Kier alpha value is -0.520. The molecule has 0 aromatic rings. The van der Waals surface area contributed by atoms with E-state index in [2.05, 4.69) is 10.6 Å². The molecule has 4 aliphatic carbocycles. The molecule has 0 aliphatic heterocycles. The van der Waals surface area contributed by atoms with Gasteiger partial charge in [0.25, 0.3) is 0 Å². The van der Waals surface area contributed by atoms with Gasteiger partial charge >= 0.3 is 20.8 Å². The molecule has 7 atom stereocenters. The van der Waals surface area contributed by atoms with Gasteiger partial charge in [-0.1, -0.05) is 25.5 Å². The molecule has 8 nitrogen and oxygen atoms in total. The van der Waals surface area contributed by atoms with E-state index in [1.165, 1.54) is 5.57 Å². The van der Waals surface area contributed by atoms with Crippen molar-refractivity contribution in [2.24, 2.45) is 28.6 Å². The smallest absolute Gasteiger partial charge is 0.389 e. The molecule has 0 amide bonds. The third-order valence-electron chi connectivity index (χ3n) is 8.41. The van der Waals surface area contributed by atoms with Crippen LogP contribution < -0.4 is 0 Å². The summed E-state index contributed by atoms with van der Waals surface area (Å²) < 4.78 is 63.1. The Balaban J connectivity index is 1.56. The van der Waals surface area contributed by atoms with Crippen LogP contribution >= 0.6 is 0 Å². The molecule has 4 aliphatic rings. The Morgan fingerprint density at radius 1 is 1.00 bits per heavy atom. The summed E-state index contributed by atoms with van der Waals surface area (Å²) >= 11 is 0. The minimum atomic E-state index is -5.16. The molecule has 0 unspecified atom stereocenters. The van der Waals surface area contributed by atoms with Gasteiger partial charge in [-0.05, 0) is 80.0 Å². The van der Waals surface area contributed by atoms with Crippen LogP contribution in [0, 0.1) is 28.6 Å². The predicted molar refractivity (Wildman–Crippen MR) is 104 cm³/mol. The van der Waals surface area contributed by atoms with Crippen molar-refractivity contribution in [3.63, 3.8) is 0 Å². The van der Waals surface area contributed by atoms with Crippen molar-refractivity contribution >= 4 is 20.8 Å². The third-order valence-corrected chi connectivity index (χ3v) is 10.2. The monoisotopic (exact) mass is 450 g/mol. The van der Waals surface area contributed by atoms with Crippen molar-refractivity contribution in [3.8, 4) is 0 Å². The van der Waals surface area contributed by atoms with Gasteiger partial charge < -0.3 is 5.11 Å². The van der Waals surface area contributed by atoms with Crippen molar-refractivity contribution in [1.29, 1.82) is 0 Å². The largest absolute Gasteiger partial charge is 0.416 e. The maximum atomic E-state index is 12.0. The maximum Gasteiger partial charge on any atom is 0.416 e. The molecule has 0 radical (unpaired) electrons. The van der Waals surface area contributed by atoms with Crippen LogP contribution in [0.5, 0.6) is 0 Å². The first-order valence-corrected chi connectivity index (χ1v) is 13.0. The average molecular weight is 451 g/mol. The zero-order valence-corrected chi connectivity index (χ0v) is 18.4. The lowest BCUT2D eigenvalue weighted by molar-refractivity contribution is -0.0704. The number of fused-ring (bicyclic) bond motifs is 5. The van der Waals surface area contributed by atoms with E-state index in [4.69, 9.17) is 8.74 Å². The van der Waals surface area contributed by atoms with Crippen LogP contribution in [0.25, 0.3) is 0 Å². The van der Waals surface area contributed by atoms with E-state index < -0.39 is 26.9 Å². The molecule has 4 rings (SSSR count). The van der Waals surface area contributed by atoms with Crippen molar-refractivity contribution in [3.05, 3.63) is 11.6 Å². The van der Waals surface area contributed by atoms with Gasteiger partial charge in [-0.2, -0.15) is 16.8 Å². The van der Waals surface area contributed by atoms with Crippen LogP contribution in [0.3, 0.4) is 0 Å². The highest BCUT2D eigenvalue weighted by atomic mass is 32.3. The fraction of sp³-hybridized carbons (Fsp3) is 0.895. The first kappa shape index (κ1) is 21.7. The van der Waals surface area contributed by atoms with Gasteiger partial charge in [0.2, 0.25) is 0 Å². The minimum Gasteiger partial charge on any atom is -0.389 e. The van der Waals surface area contributed by atoms with E-state index in [0.717, 1.165) is 44.9 Å². The van der Waals surface area contributed by atoms with E-state index in [1.54, 1.807) is 0 Å². The van der Waals surface area contributed by atoms with Crippen molar-refractivity contribution < 1.29 is 34.3 Å². The maximum absolute atomic E-state index is 12.0. The zero-order valence-electron chi connectivity index (χ0n) is 16.8. The number of hydrogen-bond donors (Lipinski definition) is 2. The van der Waals surface area contributed by atoms with E-state index in [9.17, 15) is 21.9 Å². The van der Waals surface area contributed by atoms with Gasteiger partial charge in [0.15, 0.2) is 0 Å². The lowest BCUT2D eigenvalue weighted by Crippen LogP contribution is -2.51. The normalized spacial score (nSPS) is 45.1. The van der Waals surface area contributed by atoms with E-state index in [1.807, 2.05) is 13.0 Å². The first-order valence-electron chi connectivity index (χ1n) is 10.3. The minimum absolute atomic E-state index is 0.0859. The third kappa shape index (κ3) is 3.80. The van der Waals surface area contributed by atoms with Crippen molar-refractivity contribution in [2.45, 2.75) is 77.4 Å². The SMILES string of the molecule is C[C@]12CC[C@H]3[C@@H](CCC4=C[C@@H](O)CC[C@@]43C)[C@@H]1CC[C@@H]2OS(=O)(=O)OS(=O)(=O)O. The molecule has 0 bridgehead atoms. The molecule has 0 aromatic carbocycles. The fourth-order valence-electron chi connectivity index (χ4n) is 7.08. The number of rotatable bonds is 4. The highest BCUT2D eigenvalue weighted by molar-refractivity contribution is 7.94. The Labute approximate surface area is 172 Å². The van der Waals surface area contributed by atoms with E-state index in [0.29, 0.717) is 18.3 Å². The summed E-state index contributed by atoms with van der Waals surface area (Å²) in [5, 5.41) is 10.1. The lowest BCUT2D eigenvalue weighted by atomic mass is 9.47. The molecule has 29 heavy (non-hydrogen) atoms. The molecule has 0 aromatic heterocycles. The summed E-state index contributed by atoms with van der Waals surface area (Å²) in [4.78, 5) is 0. The molecule has 2 N–H and O–H groups in total. The molecular weight excluding hydrogens is 420 g/mol. The summed E-state index contributed by atoms with van der Waals surface area (Å²) in [6, 6.07) is 0. The van der Waals surface area contributed by atoms with Gasteiger partial charge in [-0.15, -0.1) is 3.63 Å². The summed E-state index contributed by atoms with van der Waals surface area (Å²) in [7, 11) is -10.0. The Morgan fingerprint density at radius 3 is 2.41 bits per heavy atom. The number of aliphatic hydroxyl groups excluding tert-OH is 1. The standard InChI is InChI=1S/C19H30O8S2/c1-18-9-7-13(20)11-12(18)3-4-14-15-5-6-17(19(15,2)10-8-16(14)18)26-29(24,25)27-28(21,22)23/h11,13-17,20H,3-10H2,1-2H3,(H,21,22,23)/t13-,14-,15-,16-,17-,18-,19-/m0/s1. The molecule has 166 valence electrons. The molecular formula is C19H30O8S2. The zero-order chi connectivity index (χ0) is 21.2. The number of hydrogen-bond acceptors (Lipinski definition) is 7. The average Bonchev–Trinajstić information content (AvgIpc) is 2.89. The van der Waals surface area contributed by atoms with Crippen LogP contribution in [0.1, 0.15) is 65.2 Å². The van der Waals surface area contributed by atoms with Gasteiger partial charge in [-0.25, -0.2) is 4.18 Å². The van der Waals surface area contributed by atoms with Gasteiger partial charge in [0, 0.05) is 0 Å². The Morgan fingerprint density at radius 2 is 1.72 bits per heavy atom. The summed E-state index contributed by atoms with van der Waals surface area (Å²) in [5.74, 6) is 1.24. The topological polar surface area (TPSA) is 127 Å². The second-order valence-corrected chi connectivity index (χ2v) is 12.2. The van der Waals surface area contributed by atoms with E-state index >= 15 is 0 Å². The molecule has 0 spiro atoms. The quantitative estimate of drug-likeness (QED) is 0.494. The van der Waals surface area contributed by atoms with Crippen LogP contribution in [0.4, 0.5) is 0 Å². The highest BCUT2D eigenvalue weighted by Gasteiger charge is 2.60. The second-order valence-electron chi connectivity index (χ2n) is 9.74. The molecule has 3 fully saturated rings. The molecule has 3 saturated carbocycles. The first-order chi connectivity index (χ1) is 13.3. The molecule has 10 heteroatoms. The van der Waals surface area contributed by atoms with Crippen molar-refractivity contribution in [2.75, 3.05) is 0 Å². The van der Waals surface area contributed by atoms with Crippen molar-refractivity contribution in [1.82, 2.24) is 0 Å². The van der Waals surface area contributed by atoms with Crippen LogP contribution in [-0.2, 0) is 28.6 Å². The Bertz CT molecular complexity index is 910. The predicted octanol–water partition coefficient (Wildman–Crippen LogP) is 2.76. The highest BCUT2D eigenvalue weighted by Crippen LogP contribution is 2.65. The van der Waals surface area contributed by atoms with Gasteiger partial charge in [0.05, 0.1) is 12.2 Å². The van der Waals surface area contributed by atoms with E-state index in [-0.39, 0.29) is 22.9 Å². The van der Waals surface area contributed by atoms with Crippen LogP contribution in [0.2, 0.25) is 0 Å². The summed E-state index contributed by atoms with van der Waals surface area (Å²) in [5.41, 5.74) is 1.07. The van der Waals surface area contributed by atoms with Gasteiger partial charge in [-0.3, -0.25) is 4.55 Å². The Kier molecular flexibility index (Phi) is 5.24. The van der Waals surface area contributed by atoms with Crippen LogP contribution in [-0.4, -0.2) is 38.7 Å². The van der Waals surface area contributed by atoms with Gasteiger partial charge in [0.1, 0.15) is 0 Å². The number of aliphatic hydroxyl groups is 1. The second kappa shape index (κ2) is 7.00. The summed E-state index contributed by atoms with van der Waals surface area (Å²) in [6.07, 6.45) is 7.82. The fourth-order valence-corrected chi connectivity index (χ4v) is 8.65.